The Balaban J connectivity index is 6.04. The number of hydrogen-bond donors (Lipinski definition) is 0. The van der Waals surface area contributed by atoms with Crippen molar-refractivity contribution in [3.63, 3.8) is 0 Å². The maximum atomic E-state index is 13.3. The Morgan fingerprint density at radius 2 is 0.778 bits per heavy atom. The third-order valence-corrected chi connectivity index (χ3v) is 138. The van der Waals surface area contributed by atoms with Crippen molar-refractivity contribution in [2.75, 3.05) is 37.1 Å². The van der Waals surface area contributed by atoms with Gasteiger partial charge >= 0.3 is 355 Å². The van der Waals surface area contributed by atoms with E-state index in [1.54, 1.807) is 0 Å². The summed E-state index contributed by atoms with van der Waals surface area (Å²) in [6.45, 7) is 21.8. The van der Waals surface area contributed by atoms with Gasteiger partial charge in [0.15, 0.2) is 0 Å². The fraction of sp³-hybridized carbons (Fsp3) is 0.929. The first-order valence-electron chi connectivity index (χ1n) is 21.9. The van der Waals surface area contributed by atoms with Crippen molar-refractivity contribution in [2.24, 2.45) is 17.8 Å². The van der Waals surface area contributed by atoms with Crippen molar-refractivity contribution in [1.29, 1.82) is 0 Å². The summed E-state index contributed by atoms with van der Waals surface area (Å²) in [5.74, 6) is 2.99. The Morgan fingerprint density at radius 1 is 0.444 bits per heavy atom. The van der Waals surface area contributed by atoms with Crippen LogP contribution < -0.4 is 0 Å². The van der Waals surface area contributed by atoms with Crippen LogP contribution in [0.4, 0.5) is 0 Å². The van der Waals surface area contributed by atoms with Crippen LogP contribution in [0.1, 0.15) is 178 Å². The standard InChI is InChI=1S/3C10H20O2S.3C4H9.S.2Sn/c3*1-9(2)6-4-3-5-7-12-10(11)8-13;3*1-3-4-2;;;/h3*9,13H,3-8H2,1-2H3;3*1,3-4H2,2H3;;;/q;;;;;;;+1;+2/p-3. The quantitative estimate of drug-likeness (QED) is 0.0258. The van der Waals surface area contributed by atoms with Crippen molar-refractivity contribution in [3.8, 4) is 0 Å². The predicted molar refractivity (Wildman–Crippen MR) is 248 cm³/mol. The summed E-state index contributed by atoms with van der Waals surface area (Å²) < 4.78 is 20.9. The van der Waals surface area contributed by atoms with Crippen LogP contribution in [0.5, 0.6) is 0 Å². The van der Waals surface area contributed by atoms with E-state index in [1.807, 2.05) is 26.8 Å². The SMILES string of the molecule is CCC[CH2][Sn]([CH2]CCC)([S]CC(=O)OCCCCCC(C)C)[S][Sn]([CH2]CCC)([S]CC(=O)OCCCCCC(C)C)[S]CC(=O)OCCCCCC(C)C. The Labute approximate surface area is 352 Å². The molecule has 0 aliphatic heterocycles. The molecular weight excluding hydrogens is 966 g/mol. The van der Waals surface area contributed by atoms with Crippen LogP contribution in [-0.4, -0.2) is 84.8 Å². The average molecular weight is 1050 g/mol. The van der Waals surface area contributed by atoms with Crippen LogP contribution in [0.25, 0.3) is 0 Å². The molecule has 0 saturated carbocycles. The number of unbranched alkanes of at least 4 members (excludes halogenated alkanes) is 9. The number of rotatable bonds is 38. The van der Waals surface area contributed by atoms with E-state index in [-0.39, 0.29) is 17.9 Å². The van der Waals surface area contributed by atoms with E-state index in [2.05, 4.69) is 68.4 Å². The number of carbonyl (C=O) groups is 3. The van der Waals surface area contributed by atoms with Gasteiger partial charge < -0.3 is 0 Å². The number of carbonyl (C=O) groups excluding carboxylic acids is 3. The predicted octanol–water partition coefficient (Wildman–Crippen LogP) is 14.0. The minimum absolute atomic E-state index is 0.0675. The Bertz CT molecular complexity index is 896. The third kappa shape index (κ3) is 32.3. The zero-order valence-corrected chi connectivity index (χ0v) is 45.4. The second-order valence-electron chi connectivity index (χ2n) is 16.3. The summed E-state index contributed by atoms with van der Waals surface area (Å²) in [7, 11) is 5.79. The molecule has 0 aromatic heterocycles. The van der Waals surface area contributed by atoms with E-state index in [0.29, 0.717) is 54.8 Å². The van der Waals surface area contributed by atoms with Gasteiger partial charge in [0.05, 0.1) is 0 Å². The van der Waals surface area contributed by atoms with Crippen LogP contribution in [0.15, 0.2) is 0 Å². The molecule has 0 unspecified atom stereocenters. The first-order valence-corrected chi connectivity index (χ1v) is 49.2. The van der Waals surface area contributed by atoms with Gasteiger partial charge in [-0.2, -0.15) is 0 Å². The van der Waals surface area contributed by atoms with Gasteiger partial charge in [-0.05, 0) is 0 Å². The van der Waals surface area contributed by atoms with E-state index >= 15 is 0 Å². The molecular formula is C42H84O6S4Sn2. The monoisotopic (exact) mass is 1050 g/mol. The first kappa shape index (κ1) is 55.4. The molecule has 12 heteroatoms. The average Bonchev–Trinajstić information content (AvgIpc) is 3.13. The van der Waals surface area contributed by atoms with Gasteiger partial charge in [-0.15, -0.1) is 0 Å². The fourth-order valence-electron chi connectivity index (χ4n) is 5.97. The summed E-state index contributed by atoms with van der Waals surface area (Å²) >= 11 is -6.52. The van der Waals surface area contributed by atoms with Gasteiger partial charge in [0.25, 0.3) is 0 Å². The maximum absolute atomic E-state index is 13.3. The summed E-state index contributed by atoms with van der Waals surface area (Å²) in [4.78, 5) is 39.7. The zero-order valence-electron chi connectivity index (χ0n) is 36.4. The topological polar surface area (TPSA) is 78.9 Å². The molecule has 0 aromatic carbocycles. The molecule has 0 aliphatic carbocycles. The Hall–Kier alpha value is 1.41. The second-order valence-corrected chi connectivity index (χ2v) is 83.9. The van der Waals surface area contributed by atoms with Crippen LogP contribution >= 0.6 is 33.0 Å². The van der Waals surface area contributed by atoms with E-state index in [4.69, 9.17) is 14.2 Å². The van der Waals surface area contributed by atoms with Gasteiger partial charge in [0.1, 0.15) is 0 Å². The third-order valence-electron chi connectivity index (χ3n) is 9.34. The van der Waals surface area contributed by atoms with Gasteiger partial charge in [0.2, 0.25) is 0 Å². The van der Waals surface area contributed by atoms with Crippen molar-refractivity contribution in [2.45, 2.75) is 191 Å². The molecule has 0 fully saturated rings. The molecule has 0 spiro atoms. The van der Waals surface area contributed by atoms with Crippen LogP contribution in [0.3, 0.4) is 0 Å². The summed E-state index contributed by atoms with van der Waals surface area (Å²) in [5, 5.41) is 0. The number of ether oxygens (including phenoxy) is 3. The van der Waals surface area contributed by atoms with E-state index in [9.17, 15) is 14.4 Å². The zero-order chi connectivity index (χ0) is 40.5. The second kappa shape index (κ2) is 36.3. The molecule has 0 atom stereocenters. The van der Waals surface area contributed by atoms with Gasteiger partial charge in [-0.25, -0.2) is 0 Å². The minimum atomic E-state index is -3.40. The molecule has 0 saturated heterocycles. The van der Waals surface area contributed by atoms with Crippen molar-refractivity contribution >= 4 is 80.7 Å². The van der Waals surface area contributed by atoms with Gasteiger partial charge in [-0.1, -0.05) is 0 Å². The van der Waals surface area contributed by atoms with Crippen molar-refractivity contribution in [1.82, 2.24) is 0 Å². The molecule has 0 rings (SSSR count). The van der Waals surface area contributed by atoms with Crippen LogP contribution in [-0.2, 0) is 28.6 Å². The van der Waals surface area contributed by atoms with Crippen molar-refractivity contribution in [3.05, 3.63) is 0 Å². The molecule has 0 radical (unpaired) electrons. The molecule has 0 N–H and O–H groups in total. The van der Waals surface area contributed by atoms with Crippen molar-refractivity contribution < 1.29 is 28.6 Å². The molecule has 6 nitrogen and oxygen atoms in total. The van der Waals surface area contributed by atoms with E-state index < -0.39 is 29.8 Å². The number of esters is 3. The van der Waals surface area contributed by atoms with Gasteiger partial charge in [-0.3, -0.25) is 0 Å². The van der Waals surface area contributed by atoms with E-state index in [1.165, 1.54) is 60.2 Å². The summed E-state index contributed by atoms with van der Waals surface area (Å²) in [5.41, 5.74) is 0. The molecule has 0 amide bonds. The number of hydrogen-bond acceptors (Lipinski definition) is 10. The first-order chi connectivity index (χ1) is 25.8. The summed E-state index contributed by atoms with van der Waals surface area (Å²) in [6, 6.07) is 0. The fourth-order valence-corrected chi connectivity index (χ4v) is 216. The molecule has 0 heterocycles. The molecule has 320 valence electrons. The van der Waals surface area contributed by atoms with Crippen LogP contribution in [0.2, 0.25) is 13.3 Å². The molecule has 0 bridgehead atoms. The van der Waals surface area contributed by atoms with Gasteiger partial charge in [0, 0.05) is 0 Å². The normalized spacial score (nSPS) is 12.2. The van der Waals surface area contributed by atoms with Crippen LogP contribution in [0, 0.1) is 17.8 Å². The summed E-state index contributed by atoms with van der Waals surface area (Å²) in [6.07, 6.45) is 22.4. The molecule has 0 aliphatic rings. The Kier molecular flexibility index (Phi) is 37.2. The molecule has 54 heavy (non-hydrogen) atoms. The van der Waals surface area contributed by atoms with E-state index in [0.717, 1.165) is 68.6 Å². The Morgan fingerprint density at radius 3 is 1.11 bits per heavy atom. The molecule has 0 aromatic rings.